The molecule has 1 heterocycles. The Morgan fingerprint density at radius 2 is 1.92 bits per heavy atom. The van der Waals surface area contributed by atoms with Crippen molar-refractivity contribution in [3.05, 3.63) is 48.8 Å². The minimum absolute atomic E-state index is 0. The van der Waals surface area contributed by atoms with Crippen LogP contribution in [0.3, 0.4) is 0 Å². The van der Waals surface area contributed by atoms with Gasteiger partial charge in [0.1, 0.15) is 11.5 Å². The molecule has 0 unspecified atom stereocenters. The van der Waals surface area contributed by atoms with Crippen molar-refractivity contribution in [1.29, 1.82) is 0 Å². The Kier molecular flexibility index (Phi) is 8.69. The SMILES string of the molecule is Cl.Cl.N[C@@H]1CCC[C@H]1CC(=O)Nc1cccc(Oc2ccncc2)c1. The van der Waals surface area contributed by atoms with Crippen LogP contribution in [0.2, 0.25) is 0 Å². The number of hydrogen-bond acceptors (Lipinski definition) is 4. The average molecular weight is 384 g/mol. The van der Waals surface area contributed by atoms with Crippen LogP contribution in [0.4, 0.5) is 5.69 Å². The lowest BCUT2D eigenvalue weighted by molar-refractivity contribution is -0.117. The number of carbonyl (C=O) groups excluding carboxylic acids is 1. The van der Waals surface area contributed by atoms with Gasteiger partial charge in [0, 0.05) is 36.6 Å². The van der Waals surface area contributed by atoms with Gasteiger partial charge in [-0.05, 0) is 43.0 Å². The van der Waals surface area contributed by atoms with E-state index in [4.69, 9.17) is 10.5 Å². The van der Waals surface area contributed by atoms with Gasteiger partial charge < -0.3 is 15.8 Å². The fourth-order valence-corrected chi connectivity index (χ4v) is 2.95. The molecule has 5 nitrogen and oxygen atoms in total. The van der Waals surface area contributed by atoms with E-state index in [2.05, 4.69) is 10.3 Å². The fraction of sp³-hybridized carbons (Fsp3) is 0.333. The molecule has 0 aliphatic heterocycles. The number of nitrogens with zero attached hydrogens (tertiary/aromatic N) is 1. The molecule has 1 saturated carbocycles. The number of hydrogen-bond donors (Lipinski definition) is 2. The molecule has 3 rings (SSSR count). The number of amides is 1. The maximum Gasteiger partial charge on any atom is 0.224 e. The molecule has 2 atom stereocenters. The molecule has 0 radical (unpaired) electrons. The largest absolute Gasteiger partial charge is 0.457 e. The van der Waals surface area contributed by atoms with E-state index in [0.29, 0.717) is 23.8 Å². The lowest BCUT2D eigenvalue weighted by Crippen LogP contribution is -2.28. The van der Waals surface area contributed by atoms with Crippen molar-refractivity contribution < 1.29 is 9.53 Å². The van der Waals surface area contributed by atoms with Crippen LogP contribution in [0.5, 0.6) is 11.5 Å². The first-order valence-electron chi connectivity index (χ1n) is 7.94. The van der Waals surface area contributed by atoms with Crippen LogP contribution in [0, 0.1) is 5.92 Å². The van der Waals surface area contributed by atoms with Gasteiger partial charge in [-0.2, -0.15) is 0 Å². The molecule has 1 aliphatic carbocycles. The number of halogens is 2. The first-order valence-corrected chi connectivity index (χ1v) is 7.94. The molecule has 0 spiro atoms. The lowest BCUT2D eigenvalue weighted by atomic mass is 10.00. The van der Waals surface area contributed by atoms with E-state index < -0.39 is 0 Å². The average Bonchev–Trinajstić information content (AvgIpc) is 2.93. The molecule has 136 valence electrons. The monoisotopic (exact) mass is 383 g/mol. The van der Waals surface area contributed by atoms with Crippen LogP contribution in [-0.4, -0.2) is 16.9 Å². The highest BCUT2D eigenvalue weighted by Gasteiger charge is 2.26. The highest BCUT2D eigenvalue weighted by molar-refractivity contribution is 5.91. The molecular weight excluding hydrogens is 361 g/mol. The van der Waals surface area contributed by atoms with Gasteiger partial charge in [0.2, 0.25) is 5.91 Å². The second kappa shape index (κ2) is 10.2. The molecule has 1 aliphatic rings. The summed E-state index contributed by atoms with van der Waals surface area (Å²) in [5.41, 5.74) is 6.76. The van der Waals surface area contributed by atoms with Crippen LogP contribution < -0.4 is 15.8 Å². The topological polar surface area (TPSA) is 77.2 Å². The number of rotatable bonds is 5. The zero-order chi connectivity index (χ0) is 16.1. The van der Waals surface area contributed by atoms with Crippen molar-refractivity contribution in [3.8, 4) is 11.5 Å². The van der Waals surface area contributed by atoms with Crippen LogP contribution in [0.25, 0.3) is 0 Å². The Hall–Kier alpha value is -1.82. The Morgan fingerprint density at radius 3 is 2.60 bits per heavy atom. The first kappa shape index (κ1) is 21.2. The Labute approximate surface area is 160 Å². The second-order valence-electron chi connectivity index (χ2n) is 5.92. The zero-order valence-electron chi connectivity index (χ0n) is 13.8. The molecule has 3 N–H and O–H groups in total. The van der Waals surface area contributed by atoms with Crippen molar-refractivity contribution in [3.63, 3.8) is 0 Å². The molecule has 2 aromatic rings. The maximum absolute atomic E-state index is 12.2. The van der Waals surface area contributed by atoms with Crippen LogP contribution in [-0.2, 0) is 4.79 Å². The highest BCUT2D eigenvalue weighted by Crippen LogP contribution is 2.28. The summed E-state index contributed by atoms with van der Waals surface area (Å²) in [6.45, 7) is 0. The van der Waals surface area contributed by atoms with Crippen molar-refractivity contribution in [1.82, 2.24) is 4.98 Å². The van der Waals surface area contributed by atoms with Gasteiger partial charge in [-0.1, -0.05) is 12.5 Å². The number of nitrogens with one attached hydrogen (secondary N) is 1. The van der Waals surface area contributed by atoms with Gasteiger partial charge in [0.15, 0.2) is 0 Å². The molecule has 1 aromatic heterocycles. The van der Waals surface area contributed by atoms with E-state index in [-0.39, 0.29) is 36.8 Å². The second-order valence-corrected chi connectivity index (χ2v) is 5.92. The minimum Gasteiger partial charge on any atom is -0.457 e. The summed E-state index contributed by atoms with van der Waals surface area (Å²) < 4.78 is 5.74. The van der Waals surface area contributed by atoms with Gasteiger partial charge in [0.25, 0.3) is 0 Å². The number of ether oxygens (including phenoxy) is 1. The molecule has 7 heteroatoms. The Morgan fingerprint density at radius 1 is 1.16 bits per heavy atom. The van der Waals surface area contributed by atoms with Gasteiger partial charge in [0.05, 0.1) is 0 Å². The molecule has 1 amide bonds. The molecule has 25 heavy (non-hydrogen) atoms. The third kappa shape index (κ3) is 6.20. The van der Waals surface area contributed by atoms with Crippen molar-refractivity contribution in [2.45, 2.75) is 31.7 Å². The lowest BCUT2D eigenvalue weighted by Gasteiger charge is -2.15. The van der Waals surface area contributed by atoms with E-state index in [0.717, 1.165) is 24.9 Å². The first-order chi connectivity index (χ1) is 11.2. The third-order valence-electron chi connectivity index (χ3n) is 4.17. The summed E-state index contributed by atoms with van der Waals surface area (Å²) in [7, 11) is 0. The van der Waals surface area contributed by atoms with Gasteiger partial charge in [-0.25, -0.2) is 0 Å². The molecule has 0 bridgehead atoms. The molecule has 1 fully saturated rings. The van der Waals surface area contributed by atoms with E-state index in [1.54, 1.807) is 24.5 Å². The van der Waals surface area contributed by atoms with Crippen LogP contribution in [0.1, 0.15) is 25.7 Å². The van der Waals surface area contributed by atoms with E-state index in [1.807, 2.05) is 24.3 Å². The summed E-state index contributed by atoms with van der Waals surface area (Å²) >= 11 is 0. The molecule has 0 saturated heterocycles. The zero-order valence-corrected chi connectivity index (χ0v) is 15.4. The predicted molar refractivity (Wildman–Crippen MR) is 104 cm³/mol. The number of nitrogens with two attached hydrogens (primary N) is 1. The highest BCUT2D eigenvalue weighted by atomic mass is 35.5. The summed E-state index contributed by atoms with van der Waals surface area (Å²) in [4.78, 5) is 16.1. The maximum atomic E-state index is 12.2. The summed E-state index contributed by atoms with van der Waals surface area (Å²) in [5, 5.41) is 2.93. The standard InChI is InChI=1S/C18H21N3O2.2ClH/c19-17-6-1-3-13(17)11-18(22)21-14-4-2-5-16(12-14)23-15-7-9-20-10-8-15;;/h2,4-5,7-10,12-13,17H,1,3,6,11,19H2,(H,21,22);2*1H/t13-,17+;;/m0../s1. The fourth-order valence-electron chi connectivity index (χ4n) is 2.95. The minimum atomic E-state index is 0. The smallest absolute Gasteiger partial charge is 0.224 e. The van der Waals surface area contributed by atoms with E-state index >= 15 is 0 Å². The molecular formula is C18H23Cl2N3O2. The number of benzene rings is 1. The normalized spacial score (nSPS) is 18.6. The number of aromatic nitrogens is 1. The van der Waals surface area contributed by atoms with Crippen molar-refractivity contribution in [2.24, 2.45) is 11.7 Å². The number of pyridine rings is 1. The van der Waals surface area contributed by atoms with E-state index in [9.17, 15) is 4.79 Å². The Bertz CT molecular complexity index is 670. The summed E-state index contributed by atoms with van der Waals surface area (Å²) in [5.74, 6) is 1.69. The third-order valence-corrected chi connectivity index (χ3v) is 4.17. The van der Waals surface area contributed by atoms with Gasteiger partial charge >= 0.3 is 0 Å². The quantitative estimate of drug-likeness (QED) is 0.811. The Balaban J connectivity index is 0.00000156. The van der Waals surface area contributed by atoms with Gasteiger partial charge in [-0.3, -0.25) is 9.78 Å². The van der Waals surface area contributed by atoms with Crippen molar-refractivity contribution in [2.75, 3.05) is 5.32 Å². The van der Waals surface area contributed by atoms with Crippen LogP contribution in [0.15, 0.2) is 48.8 Å². The molecule has 1 aromatic carbocycles. The van der Waals surface area contributed by atoms with Crippen molar-refractivity contribution >= 4 is 36.4 Å². The van der Waals surface area contributed by atoms with E-state index in [1.165, 1.54) is 0 Å². The summed E-state index contributed by atoms with van der Waals surface area (Å²) in [6, 6.07) is 11.1. The number of carbonyl (C=O) groups is 1. The summed E-state index contributed by atoms with van der Waals surface area (Å²) in [6.07, 6.45) is 7.01. The number of anilines is 1. The van der Waals surface area contributed by atoms with Gasteiger partial charge in [-0.15, -0.1) is 24.8 Å². The predicted octanol–water partition coefficient (Wildman–Crippen LogP) is 4.17. The van der Waals surface area contributed by atoms with Crippen LogP contribution >= 0.6 is 24.8 Å².